The van der Waals surface area contributed by atoms with E-state index in [0.29, 0.717) is 0 Å². The molecule has 0 amide bonds. The van der Waals surface area contributed by atoms with E-state index in [0.717, 1.165) is 31.2 Å². The van der Waals surface area contributed by atoms with Gasteiger partial charge in [0.15, 0.2) is 5.96 Å². The van der Waals surface area contributed by atoms with E-state index < -0.39 is 0 Å². The van der Waals surface area contributed by atoms with E-state index in [1.807, 2.05) is 41.2 Å². The molecule has 2 heterocycles. The third kappa shape index (κ3) is 4.45. The summed E-state index contributed by atoms with van der Waals surface area (Å²) in [5.41, 5.74) is 2.27. The fourth-order valence-corrected chi connectivity index (χ4v) is 2.99. The van der Waals surface area contributed by atoms with Gasteiger partial charge in [0, 0.05) is 24.7 Å². The Labute approximate surface area is 146 Å². The lowest BCUT2D eigenvalue weighted by Gasteiger charge is -2.10. The molecule has 0 aliphatic rings. The van der Waals surface area contributed by atoms with Crippen molar-refractivity contribution in [1.29, 1.82) is 0 Å². The number of guanidine groups is 1. The van der Waals surface area contributed by atoms with Gasteiger partial charge in [-0.15, -0.1) is 11.3 Å². The second-order valence-electron chi connectivity index (χ2n) is 5.31. The summed E-state index contributed by atoms with van der Waals surface area (Å²) in [7, 11) is 1.79. The van der Waals surface area contributed by atoms with Gasteiger partial charge in [0.05, 0.1) is 18.4 Å². The van der Waals surface area contributed by atoms with Crippen LogP contribution in [0, 0.1) is 0 Å². The molecule has 0 bridgehead atoms. The van der Waals surface area contributed by atoms with Gasteiger partial charge in [-0.3, -0.25) is 4.99 Å². The number of rotatable bonds is 6. The zero-order chi connectivity index (χ0) is 16.6. The Hall–Kier alpha value is -2.60. The molecule has 3 aromatic rings. The average molecular weight is 339 g/mol. The molecule has 2 N–H and O–H groups in total. The molecule has 3 rings (SSSR count). The molecule has 6 heteroatoms. The van der Waals surface area contributed by atoms with E-state index in [4.69, 9.17) is 0 Å². The predicted octanol–water partition coefficient (Wildman–Crippen LogP) is 2.84. The van der Waals surface area contributed by atoms with E-state index in [-0.39, 0.29) is 0 Å². The molecule has 2 aromatic heterocycles. The summed E-state index contributed by atoms with van der Waals surface area (Å²) in [5.74, 6) is 0.818. The molecule has 0 unspecified atom stereocenters. The van der Waals surface area contributed by atoms with Gasteiger partial charge in [-0.2, -0.15) is 5.10 Å². The van der Waals surface area contributed by atoms with E-state index in [2.05, 4.69) is 44.4 Å². The first kappa shape index (κ1) is 16.3. The van der Waals surface area contributed by atoms with Crippen LogP contribution in [0.15, 0.2) is 65.2 Å². The average Bonchev–Trinajstić information content (AvgIpc) is 3.30. The zero-order valence-corrected chi connectivity index (χ0v) is 14.5. The minimum atomic E-state index is 0.795. The van der Waals surface area contributed by atoms with E-state index in [1.54, 1.807) is 18.4 Å². The lowest BCUT2D eigenvalue weighted by Crippen LogP contribution is -2.37. The normalized spacial score (nSPS) is 11.5. The number of thiophene rings is 1. The van der Waals surface area contributed by atoms with E-state index >= 15 is 0 Å². The number of nitrogens with one attached hydrogen (secondary N) is 2. The molecule has 0 aliphatic heterocycles. The standard InChI is InChI=1S/C18H21N5S/c1-19-18(21-13-17-8-5-11-24-17)20-10-9-15-12-22-23(14-15)16-6-3-2-4-7-16/h2-8,11-12,14H,9-10,13H2,1H3,(H2,19,20,21). The molecule has 0 aliphatic carbocycles. The Kier molecular flexibility index (Phi) is 5.63. The van der Waals surface area contributed by atoms with Crippen LogP contribution in [0.1, 0.15) is 10.4 Å². The first-order valence-corrected chi connectivity index (χ1v) is 8.79. The number of nitrogens with zero attached hydrogens (tertiary/aromatic N) is 3. The fourth-order valence-electron chi connectivity index (χ4n) is 2.34. The third-order valence-corrected chi connectivity index (χ3v) is 4.47. The minimum absolute atomic E-state index is 0.795. The van der Waals surface area contributed by atoms with Crippen molar-refractivity contribution in [3.05, 3.63) is 70.7 Å². The number of hydrogen-bond acceptors (Lipinski definition) is 3. The molecule has 0 saturated carbocycles. The van der Waals surface area contributed by atoms with Crippen LogP contribution >= 0.6 is 11.3 Å². The zero-order valence-electron chi connectivity index (χ0n) is 13.6. The smallest absolute Gasteiger partial charge is 0.191 e. The van der Waals surface area contributed by atoms with Crippen LogP contribution in [0.5, 0.6) is 0 Å². The van der Waals surface area contributed by atoms with Crippen molar-refractivity contribution in [2.75, 3.05) is 13.6 Å². The van der Waals surface area contributed by atoms with Crippen molar-refractivity contribution in [3.63, 3.8) is 0 Å². The Morgan fingerprint density at radius 1 is 1.17 bits per heavy atom. The fraction of sp³-hybridized carbons (Fsp3) is 0.222. The second-order valence-corrected chi connectivity index (χ2v) is 6.34. The number of hydrogen-bond donors (Lipinski definition) is 2. The van der Waals surface area contributed by atoms with Crippen LogP contribution < -0.4 is 10.6 Å². The summed E-state index contributed by atoms with van der Waals surface area (Å²) in [6.07, 6.45) is 4.88. The van der Waals surface area contributed by atoms with Crippen LogP contribution in [0.3, 0.4) is 0 Å². The molecule has 124 valence electrons. The Morgan fingerprint density at radius 3 is 2.79 bits per heavy atom. The SMILES string of the molecule is CN=C(NCCc1cnn(-c2ccccc2)c1)NCc1cccs1. The van der Waals surface area contributed by atoms with Gasteiger partial charge in [0.2, 0.25) is 0 Å². The quantitative estimate of drug-likeness (QED) is 0.536. The predicted molar refractivity (Wildman–Crippen MR) is 99.8 cm³/mol. The van der Waals surface area contributed by atoms with Crippen molar-refractivity contribution in [1.82, 2.24) is 20.4 Å². The summed E-state index contributed by atoms with van der Waals surface area (Å²) in [6, 6.07) is 14.3. The van der Waals surface area contributed by atoms with Crippen LogP contribution in [-0.2, 0) is 13.0 Å². The second kappa shape index (κ2) is 8.31. The summed E-state index contributed by atoms with van der Waals surface area (Å²) in [6.45, 7) is 1.61. The maximum Gasteiger partial charge on any atom is 0.191 e. The number of benzene rings is 1. The van der Waals surface area contributed by atoms with Crippen LogP contribution in [-0.4, -0.2) is 29.3 Å². The monoisotopic (exact) mass is 339 g/mol. The summed E-state index contributed by atoms with van der Waals surface area (Å²) in [5, 5.41) is 13.2. The summed E-state index contributed by atoms with van der Waals surface area (Å²) >= 11 is 1.74. The molecule has 0 atom stereocenters. The molecule has 0 saturated heterocycles. The lowest BCUT2D eigenvalue weighted by molar-refractivity contribution is 0.799. The molecule has 24 heavy (non-hydrogen) atoms. The van der Waals surface area contributed by atoms with E-state index in [9.17, 15) is 0 Å². The highest BCUT2D eigenvalue weighted by Crippen LogP contribution is 2.08. The Balaban J connectivity index is 1.46. The van der Waals surface area contributed by atoms with Gasteiger partial charge < -0.3 is 10.6 Å². The molecule has 0 spiro atoms. The maximum atomic E-state index is 4.42. The summed E-state index contributed by atoms with van der Waals surface area (Å²) in [4.78, 5) is 5.54. The van der Waals surface area contributed by atoms with Crippen molar-refractivity contribution < 1.29 is 0 Å². The van der Waals surface area contributed by atoms with Crippen molar-refractivity contribution in [2.24, 2.45) is 4.99 Å². The van der Waals surface area contributed by atoms with Crippen LogP contribution in [0.2, 0.25) is 0 Å². The highest BCUT2D eigenvalue weighted by Gasteiger charge is 2.02. The molecule has 0 radical (unpaired) electrons. The highest BCUT2D eigenvalue weighted by molar-refractivity contribution is 7.09. The van der Waals surface area contributed by atoms with Gasteiger partial charge in [-0.25, -0.2) is 4.68 Å². The Morgan fingerprint density at radius 2 is 2.04 bits per heavy atom. The Bertz CT molecular complexity index is 762. The highest BCUT2D eigenvalue weighted by atomic mass is 32.1. The molecule has 0 fully saturated rings. The lowest BCUT2D eigenvalue weighted by atomic mass is 10.2. The van der Waals surface area contributed by atoms with Crippen molar-refractivity contribution in [3.8, 4) is 5.69 Å². The van der Waals surface area contributed by atoms with Gasteiger partial charge in [0.25, 0.3) is 0 Å². The molecule has 5 nitrogen and oxygen atoms in total. The van der Waals surface area contributed by atoms with Gasteiger partial charge >= 0.3 is 0 Å². The number of para-hydroxylation sites is 1. The summed E-state index contributed by atoms with van der Waals surface area (Å²) < 4.78 is 1.90. The van der Waals surface area contributed by atoms with Gasteiger partial charge in [-0.05, 0) is 35.6 Å². The van der Waals surface area contributed by atoms with Crippen LogP contribution in [0.25, 0.3) is 5.69 Å². The first-order chi connectivity index (χ1) is 11.8. The molecular formula is C18H21N5S. The van der Waals surface area contributed by atoms with Crippen molar-refractivity contribution in [2.45, 2.75) is 13.0 Å². The van der Waals surface area contributed by atoms with Crippen molar-refractivity contribution >= 4 is 17.3 Å². The molecular weight excluding hydrogens is 318 g/mol. The largest absolute Gasteiger partial charge is 0.356 e. The topological polar surface area (TPSA) is 54.2 Å². The first-order valence-electron chi connectivity index (χ1n) is 7.91. The number of aliphatic imine (C=N–C) groups is 1. The third-order valence-electron chi connectivity index (χ3n) is 3.60. The van der Waals surface area contributed by atoms with Gasteiger partial charge in [-0.1, -0.05) is 24.3 Å². The minimum Gasteiger partial charge on any atom is -0.356 e. The maximum absolute atomic E-state index is 4.42. The number of aromatic nitrogens is 2. The van der Waals surface area contributed by atoms with E-state index in [1.165, 1.54) is 10.4 Å². The van der Waals surface area contributed by atoms with Gasteiger partial charge in [0.1, 0.15) is 0 Å². The molecule has 1 aromatic carbocycles. The van der Waals surface area contributed by atoms with Crippen LogP contribution in [0.4, 0.5) is 0 Å².